The molecule has 0 aromatic carbocycles. The number of aliphatic hydroxyl groups excluding tert-OH is 1. The highest BCUT2D eigenvalue weighted by atomic mass is 16.7. The van der Waals surface area contributed by atoms with Gasteiger partial charge < -0.3 is 5.11 Å². The second-order valence-corrected chi connectivity index (χ2v) is 4.16. The van der Waals surface area contributed by atoms with Crippen LogP contribution in [0.4, 0.5) is 0 Å². The second kappa shape index (κ2) is 3.37. The first-order valence-corrected chi connectivity index (χ1v) is 4.89. The van der Waals surface area contributed by atoms with E-state index in [0.29, 0.717) is 24.5 Å². The fraction of sp³-hybridized carbons (Fsp3) is 0.700. The van der Waals surface area contributed by atoms with Gasteiger partial charge in [-0.15, -0.1) is 0 Å². The highest BCUT2D eigenvalue weighted by molar-refractivity contribution is 5.91. The van der Waals surface area contributed by atoms with Crippen molar-refractivity contribution in [2.45, 2.75) is 31.9 Å². The summed E-state index contributed by atoms with van der Waals surface area (Å²) in [6.45, 7) is 5.81. The van der Waals surface area contributed by atoms with Gasteiger partial charge in [0.2, 0.25) is 0 Å². The monoisotopic (exact) mass is 197 g/mol. The molecule has 3 atom stereocenters. The van der Waals surface area contributed by atoms with Gasteiger partial charge in [0, 0.05) is 11.5 Å². The number of carbonyl (C=O) groups excluding carboxylic acids is 1. The van der Waals surface area contributed by atoms with Crippen molar-refractivity contribution in [1.82, 2.24) is 5.06 Å². The van der Waals surface area contributed by atoms with Gasteiger partial charge in [-0.25, -0.2) is 5.06 Å². The van der Waals surface area contributed by atoms with Crippen LogP contribution >= 0.6 is 0 Å². The van der Waals surface area contributed by atoms with E-state index in [2.05, 4.69) is 6.58 Å². The van der Waals surface area contributed by atoms with E-state index >= 15 is 0 Å². The number of carbonyl (C=O) groups is 1. The molecule has 0 aromatic heterocycles. The van der Waals surface area contributed by atoms with Crippen LogP contribution in [0.15, 0.2) is 12.2 Å². The average Bonchev–Trinajstić information content (AvgIpc) is 2.61. The van der Waals surface area contributed by atoms with E-state index in [0.717, 1.165) is 6.42 Å². The van der Waals surface area contributed by atoms with Crippen LogP contribution in [0, 0.1) is 5.92 Å². The molecule has 1 aliphatic heterocycles. The van der Waals surface area contributed by atoms with Crippen molar-refractivity contribution in [2.24, 2.45) is 5.92 Å². The average molecular weight is 197 g/mol. The summed E-state index contributed by atoms with van der Waals surface area (Å²) in [6, 6.07) is 0.0502. The van der Waals surface area contributed by atoms with Crippen LogP contribution in [-0.4, -0.2) is 34.8 Å². The van der Waals surface area contributed by atoms with Crippen molar-refractivity contribution in [3.63, 3.8) is 0 Å². The third kappa shape index (κ3) is 1.44. The van der Waals surface area contributed by atoms with Crippen molar-refractivity contribution in [1.29, 1.82) is 0 Å². The highest BCUT2D eigenvalue weighted by Crippen LogP contribution is 2.36. The summed E-state index contributed by atoms with van der Waals surface area (Å²) < 4.78 is 0. The summed E-state index contributed by atoms with van der Waals surface area (Å²) in [5, 5.41) is 10.8. The first kappa shape index (κ1) is 9.68. The fourth-order valence-corrected chi connectivity index (χ4v) is 2.21. The maximum absolute atomic E-state index is 11.6. The van der Waals surface area contributed by atoms with Crippen LogP contribution in [0.1, 0.15) is 19.8 Å². The Kier molecular flexibility index (Phi) is 2.33. The molecular formula is C10H15NO3. The number of fused-ring (bicyclic) bond motifs is 1. The van der Waals surface area contributed by atoms with E-state index in [1.54, 1.807) is 6.92 Å². The molecule has 4 nitrogen and oxygen atoms in total. The molecule has 14 heavy (non-hydrogen) atoms. The van der Waals surface area contributed by atoms with Crippen LogP contribution in [0.5, 0.6) is 0 Å². The smallest absolute Gasteiger partial charge is 0.272 e. The minimum Gasteiger partial charge on any atom is -0.393 e. The summed E-state index contributed by atoms with van der Waals surface area (Å²) in [7, 11) is 0. The molecule has 3 unspecified atom stereocenters. The fourth-order valence-electron chi connectivity index (χ4n) is 2.21. The number of hydroxylamine groups is 2. The van der Waals surface area contributed by atoms with Gasteiger partial charge in [0.1, 0.15) is 0 Å². The van der Waals surface area contributed by atoms with Crippen LogP contribution in [0.2, 0.25) is 0 Å². The number of nitrogens with zero attached hydrogens (tertiary/aromatic N) is 1. The molecule has 0 aromatic rings. The first-order valence-electron chi connectivity index (χ1n) is 4.89. The van der Waals surface area contributed by atoms with E-state index in [9.17, 15) is 9.90 Å². The van der Waals surface area contributed by atoms with Gasteiger partial charge in [-0.1, -0.05) is 6.58 Å². The van der Waals surface area contributed by atoms with Crippen molar-refractivity contribution in [2.75, 3.05) is 6.61 Å². The summed E-state index contributed by atoms with van der Waals surface area (Å²) in [6.07, 6.45) is 1.09. The van der Waals surface area contributed by atoms with Crippen LogP contribution in [0.25, 0.3) is 0 Å². The molecule has 0 spiro atoms. The summed E-state index contributed by atoms with van der Waals surface area (Å²) in [5.41, 5.74) is 0.479. The summed E-state index contributed by atoms with van der Waals surface area (Å²) in [5.74, 6) is 0.139. The van der Waals surface area contributed by atoms with Crippen molar-refractivity contribution in [3.05, 3.63) is 12.2 Å². The maximum Gasteiger partial charge on any atom is 0.272 e. The lowest BCUT2D eigenvalue weighted by Gasteiger charge is -2.21. The Morgan fingerprint density at radius 1 is 1.57 bits per heavy atom. The Balaban J connectivity index is 2.09. The molecule has 1 amide bonds. The Labute approximate surface area is 83.1 Å². The van der Waals surface area contributed by atoms with E-state index in [1.807, 2.05) is 0 Å². The molecule has 2 fully saturated rings. The topological polar surface area (TPSA) is 49.8 Å². The first-order chi connectivity index (χ1) is 6.59. The SMILES string of the molecule is C=C(C)C(=O)N1OCC2CC(O)CC21. The molecule has 1 N–H and O–H groups in total. The van der Waals surface area contributed by atoms with E-state index in [1.165, 1.54) is 5.06 Å². The molecule has 1 aliphatic carbocycles. The molecule has 78 valence electrons. The Hall–Kier alpha value is -0.870. The minimum absolute atomic E-state index is 0.0502. The molecule has 0 bridgehead atoms. The molecule has 4 heteroatoms. The molecule has 1 heterocycles. The predicted molar refractivity (Wildman–Crippen MR) is 50.1 cm³/mol. The Bertz CT molecular complexity index is 277. The largest absolute Gasteiger partial charge is 0.393 e. The quantitative estimate of drug-likeness (QED) is 0.622. The standard InChI is InChI=1S/C10H15NO3/c1-6(2)10(13)11-9-4-8(12)3-7(9)5-14-11/h7-9,12H,1,3-5H2,2H3. The zero-order valence-electron chi connectivity index (χ0n) is 8.27. The molecule has 1 saturated carbocycles. The number of aliphatic hydroxyl groups is 1. The van der Waals surface area contributed by atoms with Gasteiger partial charge in [0.05, 0.1) is 18.8 Å². The van der Waals surface area contributed by atoms with Gasteiger partial charge in [-0.2, -0.15) is 0 Å². The number of rotatable bonds is 1. The minimum atomic E-state index is -0.283. The van der Waals surface area contributed by atoms with Crippen molar-refractivity contribution < 1.29 is 14.7 Å². The Morgan fingerprint density at radius 3 is 2.93 bits per heavy atom. The molecule has 2 rings (SSSR count). The Morgan fingerprint density at radius 2 is 2.29 bits per heavy atom. The predicted octanol–water partition coefficient (Wildman–Crippen LogP) is 0.476. The van der Waals surface area contributed by atoms with Crippen LogP contribution in [-0.2, 0) is 9.63 Å². The summed E-state index contributed by atoms with van der Waals surface area (Å²) in [4.78, 5) is 16.9. The zero-order chi connectivity index (χ0) is 10.3. The lowest BCUT2D eigenvalue weighted by Crippen LogP contribution is -2.35. The van der Waals surface area contributed by atoms with Gasteiger partial charge in [0.15, 0.2) is 0 Å². The van der Waals surface area contributed by atoms with E-state index in [4.69, 9.17) is 4.84 Å². The highest BCUT2D eigenvalue weighted by Gasteiger charge is 2.45. The molecule has 0 radical (unpaired) electrons. The zero-order valence-corrected chi connectivity index (χ0v) is 8.27. The third-order valence-electron chi connectivity index (χ3n) is 2.93. The van der Waals surface area contributed by atoms with Gasteiger partial charge in [0.25, 0.3) is 5.91 Å². The molecule has 1 saturated heterocycles. The van der Waals surface area contributed by atoms with Crippen molar-refractivity contribution >= 4 is 5.91 Å². The number of hydrogen-bond acceptors (Lipinski definition) is 3. The number of hydrogen-bond donors (Lipinski definition) is 1. The maximum atomic E-state index is 11.6. The lowest BCUT2D eigenvalue weighted by molar-refractivity contribution is -0.173. The van der Waals surface area contributed by atoms with Gasteiger partial charge >= 0.3 is 0 Å². The van der Waals surface area contributed by atoms with Gasteiger partial charge in [-0.05, 0) is 19.8 Å². The van der Waals surface area contributed by atoms with Gasteiger partial charge in [-0.3, -0.25) is 9.63 Å². The van der Waals surface area contributed by atoms with Crippen molar-refractivity contribution in [3.8, 4) is 0 Å². The lowest BCUT2D eigenvalue weighted by atomic mass is 10.1. The molecular weight excluding hydrogens is 182 g/mol. The second-order valence-electron chi connectivity index (χ2n) is 4.16. The van der Waals surface area contributed by atoms with E-state index in [-0.39, 0.29) is 18.1 Å². The third-order valence-corrected chi connectivity index (χ3v) is 2.93. The van der Waals surface area contributed by atoms with Crippen LogP contribution in [0.3, 0.4) is 0 Å². The summed E-state index contributed by atoms with van der Waals surface area (Å²) >= 11 is 0. The van der Waals surface area contributed by atoms with Crippen LogP contribution < -0.4 is 0 Å². The van der Waals surface area contributed by atoms with E-state index < -0.39 is 0 Å². The number of amides is 1. The molecule has 2 aliphatic rings. The normalized spacial score (nSPS) is 35.9.